The largest absolute Gasteiger partial charge is 0.462 e. The van der Waals surface area contributed by atoms with Crippen molar-refractivity contribution in [2.45, 2.75) is 6.92 Å². The van der Waals surface area contributed by atoms with Crippen LogP contribution in [-0.4, -0.2) is 19.1 Å². The number of halogens is 1. The molecule has 2 N–H and O–H groups in total. The zero-order chi connectivity index (χ0) is 12.0. The number of rotatable bonds is 4. The van der Waals surface area contributed by atoms with Gasteiger partial charge in [0.25, 0.3) is 0 Å². The highest BCUT2D eigenvalue weighted by atomic mass is 19.1. The molecule has 0 fully saturated rings. The maximum absolute atomic E-state index is 13.3. The normalized spacial score (nSPS) is 10.7. The Balaban J connectivity index is 2.98. The van der Waals surface area contributed by atoms with Crippen LogP contribution in [0.15, 0.2) is 24.3 Å². The molecule has 86 valence electrons. The quantitative estimate of drug-likeness (QED) is 0.794. The molecule has 1 aromatic carbocycles. The fourth-order valence-electron chi connectivity index (χ4n) is 1.22. The minimum atomic E-state index is -0.650. The lowest BCUT2D eigenvalue weighted by Gasteiger charge is -2.04. The molecule has 0 aliphatic carbocycles. The van der Waals surface area contributed by atoms with Crippen molar-refractivity contribution in [2.75, 3.05) is 13.2 Å². The fourth-order valence-corrected chi connectivity index (χ4v) is 1.22. The van der Waals surface area contributed by atoms with E-state index >= 15 is 0 Å². The highest BCUT2D eigenvalue weighted by Gasteiger charge is 2.12. The Hall–Kier alpha value is -1.68. The first kappa shape index (κ1) is 12.4. The van der Waals surface area contributed by atoms with Gasteiger partial charge in [0.2, 0.25) is 0 Å². The SMILES string of the molecule is CCOC(=O)c1cc(C=CCN)ccc1F. The van der Waals surface area contributed by atoms with Crippen LogP contribution in [0.2, 0.25) is 0 Å². The molecule has 4 heteroatoms. The maximum atomic E-state index is 13.3. The Bertz CT molecular complexity index is 402. The average molecular weight is 223 g/mol. The second-order valence-corrected chi connectivity index (χ2v) is 3.10. The summed E-state index contributed by atoms with van der Waals surface area (Å²) in [5.74, 6) is -1.23. The Morgan fingerprint density at radius 2 is 2.31 bits per heavy atom. The number of hydrogen-bond acceptors (Lipinski definition) is 3. The van der Waals surface area contributed by atoms with Crippen molar-refractivity contribution in [3.05, 3.63) is 41.2 Å². The molecule has 0 amide bonds. The topological polar surface area (TPSA) is 52.3 Å². The van der Waals surface area contributed by atoms with Crippen molar-refractivity contribution >= 4 is 12.0 Å². The van der Waals surface area contributed by atoms with Crippen LogP contribution in [0.25, 0.3) is 6.08 Å². The number of carbonyl (C=O) groups excluding carboxylic acids is 1. The van der Waals surface area contributed by atoms with Crippen LogP contribution in [0.1, 0.15) is 22.8 Å². The molecule has 0 aliphatic rings. The number of nitrogens with two attached hydrogens (primary N) is 1. The van der Waals surface area contributed by atoms with Gasteiger partial charge >= 0.3 is 5.97 Å². The van der Waals surface area contributed by atoms with Gasteiger partial charge in [-0.05, 0) is 24.6 Å². The van der Waals surface area contributed by atoms with Crippen molar-refractivity contribution in [1.29, 1.82) is 0 Å². The van der Waals surface area contributed by atoms with E-state index in [0.29, 0.717) is 6.54 Å². The number of ether oxygens (including phenoxy) is 1. The molecule has 0 heterocycles. The minimum absolute atomic E-state index is 0.0546. The molecular weight excluding hydrogens is 209 g/mol. The van der Waals surface area contributed by atoms with E-state index in [1.54, 1.807) is 25.1 Å². The van der Waals surface area contributed by atoms with E-state index in [9.17, 15) is 9.18 Å². The van der Waals surface area contributed by atoms with E-state index in [4.69, 9.17) is 10.5 Å². The van der Waals surface area contributed by atoms with Gasteiger partial charge in [0.15, 0.2) is 0 Å². The molecule has 1 aromatic rings. The highest BCUT2D eigenvalue weighted by Crippen LogP contribution is 2.13. The maximum Gasteiger partial charge on any atom is 0.341 e. The van der Waals surface area contributed by atoms with E-state index in [-0.39, 0.29) is 12.2 Å². The van der Waals surface area contributed by atoms with Gasteiger partial charge in [-0.2, -0.15) is 0 Å². The third kappa shape index (κ3) is 3.17. The fraction of sp³-hybridized carbons (Fsp3) is 0.250. The molecule has 0 unspecified atom stereocenters. The lowest BCUT2D eigenvalue weighted by atomic mass is 10.1. The van der Waals surface area contributed by atoms with E-state index in [1.807, 2.05) is 0 Å². The summed E-state index contributed by atoms with van der Waals surface area (Å²) in [6.45, 7) is 2.29. The van der Waals surface area contributed by atoms with Gasteiger partial charge in [0.05, 0.1) is 12.2 Å². The molecule has 0 saturated carbocycles. The van der Waals surface area contributed by atoms with Crippen LogP contribution in [-0.2, 0) is 4.74 Å². The van der Waals surface area contributed by atoms with Gasteiger partial charge in [0.1, 0.15) is 5.82 Å². The first-order valence-electron chi connectivity index (χ1n) is 5.02. The van der Waals surface area contributed by atoms with Gasteiger partial charge in [-0.1, -0.05) is 18.2 Å². The van der Waals surface area contributed by atoms with Gasteiger partial charge < -0.3 is 10.5 Å². The second kappa shape index (κ2) is 6.02. The van der Waals surface area contributed by atoms with E-state index in [1.165, 1.54) is 12.1 Å². The van der Waals surface area contributed by atoms with Crippen LogP contribution < -0.4 is 5.73 Å². The van der Waals surface area contributed by atoms with E-state index < -0.39 is 11.8 Å². The number of benzene rings is 1. The Kier molecular flexibility index (Phi) is 4.66. The van der Waals surface area contributed by atoms with Crippen molar-refractivity contribution < 1.29 is 13.9 Å². The first-order valence-corrected chi connectivity index (χ1v) is 5.02. The van der Waals surface area contributed by atoms with Crippen LogP contribution in [0.5, 0.6) is 0 Å². The van der Waals surface area contributed by atoms with Crippen LogP contribution >= 0.6 is 0 Å². The predicted molar refractivity (Wildman–Crippen MR) is 60.4 cm³/mol. The van der Waals surface area contributed by atoms with Gasteiger partial charge in [-0.3, -0.25) is 0 Å². The molecular formula is C12H14FNO2. The molecule has 1 rings (SSSR count). The Morgan fingerprint density at radius 3 is 2.94 bits per heavy atom. The van der Waals surface area contributed by atoms with Gasteiger partial charge in [0, 0.05) is 6.54 Å². The molecule has 0 aromatic heterocycles. The summed E-state index contributed by atoms with van der Waals surface area (Å²) in [6.07, 6.45) is 3.45. The van der Waals surface area contributed by atoms with E-state index in [2.05, 4.69) is 0 Å². The highest BCUT2D eigenvalue weighted by molar-refractivity contribution is 5.90. The monoisotopic (exact) mass is 223 g/mol. The summed E-state index contributed by atoms with van der Waals surface area (Å²) in [6, 6.07) is 4.26. The standard InChI is InChI=1S/C12H14FNO2/c1-2-16-12(15)10-8-9(4-3-7-14)5-6-11(10)13/h3-6,8H,2,7,14H2,1H3. The molecule has 0 spiro atoms. The summed E-state index contributed by atoms with van der Waals surface area (Å²) in [5, 5.41) is 0. The lowest BCUT2D eigenvalue weighted by Crippen LogP contribution is -2.07. The van der Waals surface area contributed by atoms with Crippen LogP contribution in [0.3, 0.4) is 0 Å². The molecule has 0 bridgehead atoms. The summed E-state index contributed by atoms with van der Waals surface area (Å²) < 4.78 is 18.1. The second-order valence-electron chi connectivity index (χ2n) is 3.10. The summed E-state index contributed by atoms with van der Waals surface area (Å²) in [4.78, 5) is 11.4. The predicted octanol–water partition coefficient (Wildman–Crippen LogP) is 1.97. The van der Waals surface area contributed by atoms with E-state index in [0.717, 1.165) is 5.56 Å². The van der Waals surface area contributed by atoms with Crippen molar-refractivity contribution in [3.63, 3.8) is 0 Å². The van der Waals surface area contributed by atoms with Crippen LogP contribution in [0, 0.1) is 5.82 Å². The van der Waals surface area contributed by atoms with Gasteiger partial charge in [-0.15, -0.1) is 0 Å². The molecule has 3 nitrogen and oxygen atoms in total. The molecule has 0 radical (unpaired) electrons. The molecule has 0 atom stereocenters. The van der Waals surface area contributed by atoms with Crippen molar-refractivity contribution in [1.82, 2.24) is 0 Å². The van der Waals surface area contributed by atoms with Crippen molar-refractivity contribution in [2.24, 2.45) is 5.73 Å². The van der Waals surface area contributed by atoms with Crippen LogP contribution in [0.4, 0.5) is 4.39 Å². The lowest BCUT2D eigenvalue weighted by molar-refractivity contribution is 0.0521. The minimum Gasteiger partial charge on any atom is -0.462 e. The third-order valence-corrected chi connectivity index (χ3v) is 1.93. The zero-order valence-electron chi connectivity index (χ0n) is 9.07. The zero-order valence-corrected chi connectivity index (χ0v) is 9.07. The van der Waals surface area contributed by atoms with Crippen molar-refractivity contribution in [3.8, 4) is 0 Å². The summed E-state index contributed by atoms with van der Waals surface area (Å²) >= 11 is 0. The number of hydrogen-bond donors (Lipinski definition) is 1. The third-order valence-electron chi connectivity index (χ3n) is 1.93. The number of carbonyl (C=O) groups is 1. The van der Waals surface area contributed by atoms with Gasteiger partial charge in [-0.25, -0.2) is 9.18 Å². The Labute approximate surface area is 93.7 Å². The number of esters is 1. The molecule has 16 heavy (non-hydrogen) atoms. The smallest absolute Gasteiger partial charge is 0.341 e. The first-order chi connectivity index (χ1) is 7.69. The summed E-state index contributed by atoms with van der Waals surface area (Å²) in [7, 11) is 0. The molecule has 0 saturated heterocycles. The summed E-state index contributed by atoms with van der Waals surface area (Å²) in [5.41, 5.74) is 5.96. The average Bonchev–Trinajstić information content (AvgIpc) is 2.28. The Morgan fingerprint density at radius 1 is 1.56 bits per heavy atom. The molecule has 0 aliphatic heterocycles.